The number of halogens is 1. The first-order chi connectivity index (χ1) is 11.6. The van der Waals surface area contributed by atoms with E-state index in [2.05, 4.69) is 4.98 Å². The van der Waals surface area contributed by atoms with Gasteiger partial charge < -0.3 is 9.80 Å². The second-order valence-electron chi connectivity index (χ2n) is 5.58. The van der Waals surface area contributed by atoms with Crippen molar-refractivity contribution in [2.45, 2.75) is 19.4 Å². The molecule has 6 heteroatoms. The van der Waals surface area contributed by atoms with Crippen molar-refractivity contribution in [2.75, 3.05) is 18.0 Å². The maximum Gasteiger partial charge on any atom is 0.256 e. The number of benzene rings is 1. The van der Waals surface area contributed by atoms with E-state index in [1.165, 1.54) is 12.4 Å². The number of likely N-dealkylation sites (N-methyl/N-ethyl adjacent to an activating group) is 1. The van der Waals surface area contributed by atoms with Crippen LogP contribution in [0.1, 0.15) is 23.7 Å². The fourth-order valence-corrected chi connectivity index (χ4v) is 3.23. The molecule has 1 aromatic carbocycles. The summed E-state index contributed by atoms with van der Waals surface area (Å²) in [6.07, 6.45) is 3.57. The number of anilines is 1. The summed E-state index contributed by atoms with van der Waals surface area (Å²) in [5, 5.41) is 0.298. The summed E-state index contributed by atoms with van der Waals surface area (Å²) in [6.45, 7) is 2.91. The largest absolute Gasteiger partial charge is 0.327 e. The Labute approximate surface area is 145 Å². The molecule has 3 rings (SSSR count). The minimum absolute atomic E-state index is 0.0541. The van der Waals surface area contributed by atoms with Crippen LogP contribution in [0.15, 0.2) is 48.8 Å². The summed E-state index contributed by atoms with van der Waals surface area (Å²) in [5.41, 5.74) is 1.23. The van der Waals surface area contributed by atoms with Gasteiger partial charge in [0.05, 0.1) is 10.6 Å². The average Bonchev–Trinajstić information content (AvgIpc) is 2.98. The number of nitrogens with zero attached hydrogens (tertiary/aromatic N) is 3. The highest BCUT2D eigenvalue weighted by atomic mass is 35.5. The lowest BCUT2D eigenvalue weighted by Crippen LogP contribution is -2.45. The van der Waals surface area contributed by atoms with E-state index in [0.29, 0.717) is 30.1 Å². The van der Waals surface area contributed by atoms with Crippen LogP contribution < -0.4 is 4.90 Å². The minimum atomic E-state index is -0.466. The zero-order valence-corrected chi connectivity index (χ0v) is 14.1. The van der Waals surface area contributed by atoms with Crippen LogP contribution in [0, 0.1) is 0 Å². The van der Waals surface area contributed by atoms with Crippen molar-refractivity contribution < 1.29 is 9.59 Å². The summed E-state index contributed by atoms with van der Waals surface area (Å²) in [7, 11) is 0. The molecule has 124 valence electrons. The van der Waals surface area contributed by atoms with Gasteiger partial charge in [-0.3, -0.25) is 14.6 Å². The number of carbonyl (C=O) groups is 2. The van der Waals surface area contributed by atoms with E-state index in [1.807, 2.05) is 37.3 Å². The Hall–Kier alpha value is -2.40. The standard InChI is InChI=1S/C18H18ClN3O2/c1-2-21(17(23)14-8-10-20-12-15(14)19)16-9-11-22(18(16)24)13-6-4-3-5-7-13/h3-8,10,12,16H,2,9,11H2,1H3/t16-/m0/s1. The molecule has 2 aromatic rings. The summed E-state index contributed by atoms with van der Waals surface area (Å²) in [6, 6.07) is 10.6. The van der Waals surface area contributed by atoms with E-state index in [-0.39, 0.29) is 11.8 Å². The number of para-hydroxylation sites is 1. The van der Waals surface area contributed by atoms with Crippen molar-refractivity contribution in [2.24, 2.45) is 0 Å². The number of hydrogen-bond donors (Lipinski definition) is 0. The van der Waals surface area contributed by atoms with Crippen LogP contribution in [-0.4, -0.2) is 40.8 Å². The molecule has 1 aliphatic rings. The number of hydrogen-bond acceptors (Lipinski definition) is 3. The topological polar surface area (TPSA) is 53.5 Å². The molecule has 1 fully saturated rings. The van der Waals surface area contributed by atoms with E-state index in [1.54, 1.807) is 15.9 Å². The van der Waals surface area contributed by atoms with Crippen molar-refractivity contribution in [3.05, 3.63) is 59.4 Å². The predicted molar refractivity (Wildman–Crippen MR) is 93.2 cm³/mol. The van der Waals surface area contributed by atoms with E-state index >= 15 is 0 Å². The van der Waals surface area contributed by atoms with Crippen LogP contribution in [0.5, 0.6) is 0 Å². The molecule has 0 radical (unpaired) electrons. The van der Waals surface area contributed by atoms with Gasteiger partial charge in [-0.25, -0.2) is 0 Å². The van der Waals surface area contributed by atoms with Gasteiger partial charge in [-0.15, -0.1) is 0 Å². The van der Waals surface area contributed by atoms with E-state index in [0.717, 1.165) is 5.69 Å². The number of carbonyl (C=O) groups excluding carboxylic acids is 2. The summed E-state index contributed by atoms with van der Waals surface area (Å²) in [4.78, 5) is 32.8. The summed E-state index contributed by atoms with van der Waals surface area (Å²) < 4.78 is 0. The van der Waals surface area contributed by atoms with Crippen molar-refractivity contribution in [3.8, 4) is 0 Å². The van der Waals surface area contributed by atoms with E-state index in [9.17, 15) is 9.59 Å². The third-order valence-corrected chi connectivity index (χ3v) is 4.53. The molecule has 1 saturated heterocycles. The minimum Gasteiger partial charge on any atom is -0.327 e. The molecule has 1 atom stereocenters. The maximum absolute atomic E-state index is 12.8. The van der Waals surface area contributed by atoms with E-state index in [4.69, 9.17) is 11.6 Å². The Balaban J connectivity index is 1.83. The highest BCUT2D eigenvalue weighted by Gasteiger charge is 2.38. The first kappa shape index (κ1) is 16.5. The second-order valence-corrected chi connectivity index (χ2v) is 5.98. The fourth-order valence-electron chi connectivity index (χ4n) is 3.03. The third-order valence-electron chi connectivity index (χ3n) is 4.23. The fraction of sp³-hybridized carbons (Fsp3) is 0.278. The lowest BCUT2D eigenvalue weighted by molar-refractivity contribution is -0.120. The first-order valence-corrected chi connectivity index (χ1v) is 8.28. The van der Waals surface area contributed by atoms with Gasteiger partial charge in [-0.05, 0) is 31.5 Å². The van der Waals surface area contributed by atoms with Gasteiger partial charge in [-0.1, -0.05) is 29.8 Å². The molecule has 0 bridgehead atoms. The molecule has 0 spiro atoms. The third kappa shape index (κ3) is 2.99. The highest BCUT2D eigenvalue weighted by Crippen LogP contribution is 2.26. The molecule has 2 amide bonds. The molecule has 24 heavy (non-hydrogen) atoms. The Bertz CT molecular complexity index is 751. The zero-order chi connectivity index (χ0) is 17.1. The Morgan fingerprint density at radius 2 is 2.08 bits per heavy atom. The number of aromatic nitrogens is 1. The normalized spacial score (nSPS) is 17.2. The molecule has 2 heterocycles. The molecule has 5 nitrogen and oxygen atoms in total. The molecule has 1 aliphatic heterocycles. The second kappa shape index (κ2) is 7.01. The highest BCUT2D eigenvalue weighted by molar-refractivity contribution is 6.33. The Morgan fingerprint density at radius 3 is 2.75 bits per heavy atom. The van der Waals surface area contributed by atoms with Crippen LogP contribution in [0.2, 0.25) is 5.02 Å². The van der Waals surface area contributed by atoms with Crippen LogP contribution in [0.3, 0.4) is 0 Å². The van der Waals surface area contributed by atoms with Crippen LogP contribution in [0.4, 0.5) is 5.69 Å². The first-order valence-electron chi connectivity index (χ1n) is 7.90. The summed E-state index contributed by atoms with van der Waals surface area (Å²) in [5.74, 6) is -0.292. The predicted octanol–water partition coefficient (Wildman–Crippen LogP) is 3.00. The van der Waals surface area contributed by atoms with Crippen molar-refractivity contribution in [3.63, 3.8) is 0 Å². The van der Waals surface area contributed by atoms with Crippen LogP contribution in [0.25, 0.3) is 0 Å². The van der Waals surface area contributed by atoms with Crippen molar-refractivity contribution in [1.29, 1.82) is 0 Å². The molecule has 1 aromatic heterocycles. The number of pyridine rings is 1. The number of amides is 2. The van der Waals surface area contributed by atoms with Gasteiger partial charge in [0.1, 0.15) is 6.04 Å². The SMILES string of the molecule is CCN(C(=O)c1ccncc1Cl)[C@H]1CCN(c2ccccc2)C1=O. The van der Waals surface area contributed by atoms with E-state index < -0.39 is 6.04 Å². The van der Waals surface area contributed by atoms with Crippen molar-refractivity contribution in [1.82, 2.24) is 9.88 Å². The molecule has 0 aliphatic carbocycles. The van der Waals surface area contributed by atoms with Gasteiger partial charge in [-0.2, -0.15) is 0 Å². The van der Waals surface area contributed by atoms with Gasteiger partial charge in [0, 0.05) is 31.2 Å². The average molecular weight is 344 g/mol. The Morgan fingerprint density at radius 1 is 1.33 bits per heavy atom. The quantitative estimate of drug-likeness (QED) is 0.857. The molecule has 0 saturated carbocycles. The number of rotatable bonds is 4. The van der Waals surface area contributed by atoms with Crippen molar-refractivity contribution >= 4 is 29.1 Å². The van der Waals surface area contributed by atoms with Gasteiger partial charge in [0.25, 0.3) is 5.91 Å². The molecule has 0 unspecified atom stereocenters. The van der Waals surface area contributed by atoms with Gasteiger partial charge >= 0.3 is 0 Å². The molecular weight excluding hydrogens is 326 g/mol. The van der Waals surface area contributed by atoms with Crippen LogP contribution >= 0.6 is 11.6 Å². The summed E-state index contributed by atoms with van der Waals surface area (Å²) >= 11 is 6.08. The Kier molecular flexibility index (Phi) is 4.81. The molecule has 0 N–H and O–H groups in total. The van der Waals surface area contributed by atoms with Gasteiger partial charge in [0.2, 0.25) is 5.91 Å². The maximum atomic E-state index is 12.8. The lowest BCUT2D eigenvalue weighted by Gasteiger charge is -2.27. The van der Waals surface area contributed by atoms with Crippen LogP contribution in [-0.2, 0) is 4.79 Å². The lowest BCUT2D eigenvalue weighted by atomic mass is 10.1. The monoisotopic (exact) mass is 343 g/mol. The van der Waals surface area contributed by atoms with Gasteiger partial charge in [0.15, 0.2) is 0 Å². The molecular formula is C18H18ClN3O2. The zero-order valence-electron chi connectivity index (χ0n) is 13.4. The smallest absolute Gasteiger partial charge is 0.256 e.